The number of nitrogens with two attached hydrogens (primary N) is 1. The van der Waals surface area contributed by atoms with Crippen LogP contribution in [0.1, 0.15) is 52.4 Å². The van der Waals surface area contributed by atoms with Gasteiger partial charge in [-0.1, -0.05) is 26.7 Å². The molecule has 0 aliphatic heterocycles. The van der Waals surface area contributed by atoms with Crippen molar-refractivity contribution in [3.8, 4) is 0 Å². The normalized spacial score (nSPS) is 28.3. The van der Waals surface area contributed by atoms with Gasteiger partial charge in [0.25, 0.3) is 0 Å². The Bertz CT molecular complexity index is 198. The predicted molar refractivity (Wildman–Crippen MR) is 64.6 cm³/mol. The van der Waals surface area contributed by atoms with Crippen LogP contribution in [0.2, 0.25) is 0 Å². The third-order valence-electron chi connectivity index (χ3n) is 3.92. The van der Waals surface area contributed by atoms with E-state index in [0.717, 1.165) is 17.2 Å². The Morgan fingerprint density at radius 1 is 1.21 bits per heavy atom. The van der Waals surface area contributed by atoms with E-state index < -0.39 is 0 Å². The highest BCUT2D eigenvalue weighted by molar-refractivity contribution is 8.01. The molecule has 0 radical (unpaired) electrons. The first kappa shape index (κ1) is 10.8. The summed E-state index contributed by atoms with van der Waals surface area (Å²) in [4.78, 5) is 0. The molecule has 82 valence electrons. The fraction of sp³-hybridized carbons (Fsp3) is 1.00. The molecule has 2 aliphatic carbocycles. The van der Waals surface area contributed by atoms with Crippen LogP contribution in [-0.4, -0.2) is 16.5 Å². The van der Waals surface area contributed by atoms with Crippen molar-refractivity contribution < 1.29 is 0 Å². The molecule has 0 aromatic heterocycles. The van der Waals surface area contributed by atoms with Crippen LogP contribution in [0.4, 0.5) is 0 Å². The second-order valence-corrected chi connectivity index (χ2v) is 7.66. The maximum Gasteiger partial charge on any atom is 0.0295 e. The summed E-state index contributed by atoms with van der Waals surface area (Å²) in [6, 6.07) is 0. The van der Waals surface area contributed by atoms with Gasteiger partial charge in [0, 0.05) is 11.3 Å². The second-order valence-electron chi connectivity index (χ2n) is 5.61. The van der Waals surface area contributed by atoms with Gasteiger partial charge in [-0.25, -0.2) is 0 Å². The van der Waals surface area contributed by atoms with E-state index in [1.807, 2.05) is 0 Å². The zero-order chi connectivity index (χ0) is 10.2. The van der Waals surface area contributed by atoms with E-state index in [-0.39, 0.29) is 0 Å². The summed E-state index contributed by atoms with van der Waals surface area (Å²) < 4.78 is 0.457. The van der Waals surface area contributed by atoms with Crippen molar-refractivity contribution >= 4 is 11.8 Å². The van der Waals surface area contributed by atoms with Gasteiger partial charge in [-0.2, -0.15) is 11.8 Å². The minimum atomic E-state index is 0.457. The molecule has 2 saturated carbocycles. The smallest absolute Gasteiger partial charge is 0.0295 e. The lowest BCUT2D eigenvalue weighted by Crippen LogP contribution is -2.53. The Labute approximate surface area is 92.2 Å². The molecular weight excluding hydrogens is 190 g/mol. The Balaban J connectivity index is 1.93. The van der Waals surface area contributed by atoms with E-state index in [9.17, 15) is 0 Å². The van der Waals surface area contributed by atoms with E-state index in [4.69, 9.17) is 5.73 Å². The van der Waals surface area contributed by atoms with E-state index in [1.165, 1.54) is 38.5 Å². The SMILES string of the molecule is CC(C)SC1(CN)CC2(CCCC2)C1. The molecule has 2 fully saturated rings. The number of hydrogen-bond acceptors (Lipinski definition) is 2. The lowest BCUT2D eigenvalue weighted by atomic mass is 9.60. The van der Waals surface area contributed by atoms with Gasteiger partial charge in [0.2, 0.25) is 0 Å². The third-order valence-corrected chi connectivity index (χ3v) is 5.34. The van der Waals surface area contributed by atoms with Gasteiger partial charge in [-0.05, 0) is 36.3 Å². The quantitative estimate of drug-likeness (QED) is 0.779. The Kier molecular flexibility index (Phi) is 2.87. The van der Waals surface area contributed by atoms with Crippen molar-refractivity contribution in [2.75, 3.05) is 6.54 Å². The minimum absolute atomic E-state index is 0.457. The van der Waals surface area contributed by atoms with E-state index in [2.05, 4.69) is 25.6 Å². The van der Waals surface area contributed by atoms with Crippen LogP contribution in [0.25, 0.3) is 0 Å². The number of rotatable bonds is 3. The maximum absolute atomic E-state index is 5.95. The van der Waals surface area contributed by atoms with Gasteiger partial charge in [0.05, 0.1) is 0 Å². The average molecular weight is 213 g/mol. The molecule has 0 amide bonds. The minimum Gasteiger partial charge on any atom is -0.329 e. The zero-order valence-corrected chi connectivity index (χ0v) is 10.3. The highest BCUT2D eigenvalue weighted by Gasteiger charge is 2.54. The van der Waals surface area contributed by atoms with Gasteiger partial charge >= 0.3 is 0 Å². The summed E-state index contributed by atoms with van der Waals surface area (Å²) in [7, 11) is 0. The molecule has 2 rings (SSSR count). The first-order valence-electron chi connectivity index (χ1n) is 5.98. The maximum atomic E-state index is 5.95. The fourth-order valence-corrected chi connectivity index (χ4v) is 5.44. The molecule has 1 nitrogen and oxygen atoms in total. The number of hydrogen-bond donors (Lipinski definition) is 1. The molecule has 0 saturated heterocycles. The largest absolute Gasteiger partial charge is 0.329 e. The van der Waals surface area contributed by atoms with Crippen LogP contribution in [-0.2, 0) is 0 Å². The molecule has 2 aliphatic rings. The van der Waals surface area contributed by atoms with Gasteiger partial charge in [0.1, 0.15) is 0 Å². The summed E-state index contributed by atoms with van der Waals surface area (Å²) in [6.45, 7) is 5.47. The summed E-state index contributed by atoms with van der Waals surface area (Å²) in [6.07, 6.45) is 8.69. The van der Waals surface area contributed by atoms with Gasteiger partial charge in [-0.3, -0.25) is 0 Å². The lowest BCUT2D eigenvalue weighted by Gasteiger charge is -2.55. The van der Waals surface area contributed by atoms with Crippen LogP contribution >= 0.6 is 11.8 Å². The highest BCUT2D eigenvalue weighted by atomic mass is 32.2. The topological polar surface area (TPSA) is 26.0 Å². The Hall–Kier alpha value is 0.310. The van der Waals surface area contributed by atoms with Gasteiger partial charge in [-0.15, -0.1) is 0 Å². The average Bonchev–Trinajstić information content (AvgIpc) is 2.50. The van der Waals surface area contributed by atoms with Crippen molar-refractivity contribution in [2.45, 2.75) is 62.4 Å². The van der Waals surface area contributed by atoms with Crippen LogP contribution in [0, 0.1) is 5.41 Å². The molecule has 0 aromatic carbocycles. The Morgan fingerprint density at radius 3 is 2.21 bits per heavy atom. The molecule has 0 bridgehead atoms. The summed E-state index contributed by atoms with van der Waals surface area (Å²) >= 11 is 2.12. The molecule has 2 N–H and O–H groups in total. The highest BCUT2D eigenvalue weighted by Crippen LogP contribution is 2.62. The van der Waals surface area contributed by atoms with Crippen molar-refractivity contribution in [3.05, 3.63) is 0 Å². The van der Waals surface area contributed by atoms with E-state index in [0.29, 0.717) is 4.75 Å². The molecule has 0 aromatic rings. The summed E-state index contributed by atoms with van der Waals surface area (Å²) in [5.74, 6) is 0. The zero-order valence-electron chi connectivity index (χ0n) is 9.51. The van der Waals surface area contributed by atoms with Crippen molar-refractivity contribution in [3.63, 3.8) is 0 Å². The van der Waals surface area contributed by atoms with Crippen molar-refractivity contribution in [1.29, 1.82) is 0 Å². The van der Waals surface area contributed by atoms with Gasteiger partial charge < -0.3 is 5.73 Å². The third kappa shape index (κ3) is 1.83. The predicted octanol–water partition coefficient (Wildman–Crippen LogP) is 3.18. The summed E-state index contributed by atoms with van der Waals surface area (Å²) in [5.41, 5.74) is 6.68. The standard InChI is InChI=1S/C12H23NS/c1-10(2)14-12(9-13)7-11(8-12)5-3-4-6-11/h10H,3-9,13H2,1-2H3. The molecule has 0 heterocycles. The molecular formula is C12H23NS. The second kappa shape index (κ2) is 3.71. The van der Waals surface area contributed by atoms with E-state index in [1.54, 1.807) is 0 Å². The van der Waals surface area contributed by atoms with Crippen molar-refractivity contribution in [2.24, 2.45) is 11.1 Å². The van der Waals surface area contributed by atoms with Crippen molar-refractivity contribution in [1.82, 2.24) is 0 Å². The van der Waals surface area contributed by atoms with Crippen LogP contribution in [0.15, 0.2) is 0 Å². The van der Waals surface area contributed by atoms with Crippen LogP contribution in [0.3, 0.4) is 0 Å². The molecule has 0 atom stereocenters. The first-order chi connectivity index (χ1) is 6.60. The fourth-order valence-electron chi connectivity index (χ4n) is 3.57. The number of thioether (sulfide) groups is 1. The molecule has 2 heteroatoms. The van der Waals surface area contributed by atoms with Gasteiger partial charge in [0.15, 0.2) is 0 Å². The molecule has 1 spiro atoms. The molecule has 0 unspecified atom stereocenters. The lowest BCUT2D eigenvalue weighted by molar-refractivity contribution is 0.0932. The monoisotopic (exact) mass is 213 g/mol. The van der Waals surface area contributed by atoms with E-state index >= 15 is 0 Å². The molecule has 14 heavy (non-hydrogen) atoms. The van der Waals surface area contributed by atoms with Crippen LogP contribution < -0.4 is 5.73 Å². The van der Waals surface area contributed by atoms with Crippen LogP contribution in [0.5, 0.6) is 0 Å². The summed E-state index contributed by atoms with van der Waals surface area (Å²) in [5, 5.41) is 0.734. The first-order valence-corrected chi connectivity index (χ1v) is 6.86. The Morgan fingerprint density at radius 2 is 1.79 bits per heavy atom.